The lowest BCUT2D eigenvalue weighted by molar-refractivity contribution is -0.384. The zero-order valence-corrected chi connectivity index (χ0v) is 24.4. The minimum Gasteiger partial charge on any atom is -0.458 e. The molecular weight excluding hydrogens is 562 g/mol. The fourth-order valence-electron chi connectivity index (χ4n) is 4.82. The lowest BCUT2D eigenvalue weighted by Gasteiger charge is -2.41. The Balaban J connectivity index is 1.67. The highest BCUT2D eigenvalue weighted by Gasteiger charge is 2.49. The predicted octanol–water partition coefficient (Wildman–Crippen LogP) is 6.51. The van der Waals surface area contributed by atoms with Crippen LogP contribution in [0.25, 0.3) is 0 Å². The fourth-order valence-corrected chi connectivity index (χ4v) is 8.96. The number of nitrogens with zero attached hydrogens (tertiary/aromatic N) is 1. The maximum Gasteiger partial charge on any atom is 0.338 e. The van der Waals surface area contributed by atoms with Gasteiger partial charge in [0.15, 0.2) is 0 Å². The highest BCUT2D eigenvalue weighted by molar-refractivity contribution is 9.11. The van der Waals surface area contributed by atoms with Crippen LogP contribution in [0.4, 0.5) is 5.69 Å². The SMILES string of the molecule is C=C(Br)C[C@@H](CCCCC(C)(C)[Si](O)(c1ccccc1)c1ccccc1)OC(=O)c1ccc([N+](=O)[O-])cc1. The Morgan fingerprint density at radius 3 is 2.00 bits per heavy atom. The van der Waals surface area contributed by atoms with Crippen molar-refractivity contribution >= 4 is 46.3 Å². The Hall–Kier alpha value is -3.07. The van der Waals surface area contributed by atoms with Crippen LogP contribution in [0.5, 0.6) is 0 Å². The van der Waals surface area contributed by atoms with Gasteiger partial charge >= 0.3 is 5.97 Å². The Morgan fingerprint density at radius 1 is 1.00 bits per heavy atom. The van der Waals surface area contributed by atoms with Crippen LogP contribution in [0.2, 0.25) is 5.04 Å². The van der Waals surface area contributed by atoms with Gasteiger partial charge in [0.25, 0.3) is 14.0 Å². The zero-order valence-electron chi connectivity index (χ0n) is 21.8. The van der Waals surface area contributed by atoms with E-state index in [0.29, 0.717) is 12.8 Å². The number of halogens is 1. The lowest BCUT2D eigenvalue weighted by Crippen LogP contribution is -2.65. The number of esters is 1. The van der Waals surface area contributed by atoms with Crippen LogP contribution < -0.4 is 10.4 Å². The van der Waals surface area contributed by atoms with Crippen molar-refractivity contribution in [1.82, 2.24) is 0 Å². The van der Waals surface area contributed by atoms with E-state index in [1.165, 1.54) is 24.3 Å². The van der Waals surface area contributed by atoms with Gasteiger partial charge in [0.05, 0.1) is 10.5 Å². The Kier molecular flexibility index (Phi) is 10.2. The van der Waals surface area contributed by atoms with Crippen LogP contribution in [0.3, 0.4) is 0 Å². The molecule has 0 radical (unpaired) electrons. The predicted molar refractivity (Wildman–Crippen MR) is 158 cm³/mol. The van der Waals surface area contributed by atoms with E-state index < -0.39 is 19.2 Å². The van der Waals surface area contributed by atoms with Crippen molar-refractivity contribution < 1.29 is 19.3 Å². The average molecular weight is 597 g/mol. The van der Waals surface area contributed by atoms with Crippen LogP contribution in [-0.2, 0) is 4.74 Å². The number of nitro groups is 1. The topological polar surface area (TPSA) is 89.7 Å². The first kappa shape index (κ1) is 29.5. The third-order valence-electron chi connectivity index (χ3n) is 6.98. The van der Waals surface area contributed by atoms with Crippen LogP contribution in [0, 0.1) is 10.1 Å². The number of nitro benzene ring substituents is 1. The second-order valence-electron chi connectivity index (χ2n) is 10.1. The Labute approximate surface area is 233 Å². The van der Waals surface area contributed by atoms with E-state index in [2.05, 4.69) is 36.4 Å². The molecule has 0 aliphatic carbocycles. The van der Waals surface area contributed by atoms with Crippen molar-refractivity contribution in [3.05, 3.63) is 112 Å². The summed E-state index contributed by atoms with van der Waals surface area (Å²) in [6, 6.07) is 25.3. The fraction of sp³-hybridized carbons (Fsp3) is 0.300. The number of carbonyl (C=O) groups is 1. The lowest BCUT2D eigenvalue weighted by atomic mass is 10.0. The summed E-state index contributed by atoms with van der Waals surface area (Å²) in [6.45, 7) is 8.18. The molecule has 200 valence electrons. The van der Waals surface area contributed by atoms with Crippen LogP contribution in [0.15, 0.2) is 96.0 Å². The summed E-state index contributed by atoms with van der Waals surface area (Å²) in [4.78, 5) is 35.4. The van der Waals surface area contributed by atoms with Crippen molar-refractivity contribution in [2.24, 2.45) is 0 Å². The first-order valence-electron chi connectivity index (χ1n) is 12.7. The maximum absolute atomic E-state index is 12.7. The first-order valence-corrected chi connectivity index (χ1v) is 15.4. The van der Waals surface area contributed by atoms with Gasteiger partial charge in [-0.3, -0.25) is 10.1 Å². The molecule has 0 spiro atoms. The molecule has 0 fully saturated rings. The average Bonchev–Trinajstić information content (AvgIpc) is 2.91. The Bertz CT molecular complexity index is 1190. The third kappa shape index (κ3) is 7.27. The molecule has 3 aromatic carbocycles. The van der Waals surface area contributed by atoms with Crippen molar-refractivity contribution in [3.63, 3.8) is 0 Å². The van der Waals surface area contributed by atoms with E-state index >= 15 is 0 Å². The second kappa shape index (κ2) is 13.1. The van der Waals surface area contributed by atoms with Gasteiger partial charge in [-0.25, -0.2) is 4.79 Å². The first-order chi connectivity index (χ1) is 18.0. The molecule has 0 aliphatic rings. The van der Waals surface area contributed by atoms with E-state index in [0.717, 1.165) is 34.1 Å². The molecule has 1 N–H and O–H groups in total. The summed E-state index contributed by atoms with van der Waals surface area (Å²) < 4.78 is 6.48. The molecule has 8 heteroatoms. The monoisotopic (exact) mass is 595 g/mol. The molecule has 6 nitrogen and oxygen atoms in total. The van der Waals surface area contributed by atoms with Gasteiger partial charge < -0.3 is 9.53 Å². The molecule has 0 unspecified atom stereocenters. The van der Waals surface area contributed by atoms with Gasteiger partial charge in [-0.1, -0.05) is 103 Å². The van der Waals surface area contributed by atoms with Crippen molar-refractivity contribution in [1.29, 1.82) is 0 Å². The summed E-state index contributed by atoms with van der Waals surface area (Å²) >= 11 is 3.38. The number of carbonyl (C=O) groups excluding carboxylic acids is 1. The zero-order chi connectivity index (χ0) is 27.8. The van der Waals surface area contributed by atoms with Crippen molar-refractivity contribution in [2.45, 2.75) is 57.1 Å². The summed E-state index contributed by atoms with van der Waals surface area (Å²) in [6.07, 6.45) is 3.17. The quantitative estimate of drug-likeness (QED) is 0.0799. The number of benzene rings is 3. The van der Waals surface area contributed by atoms with E-state index in [-0.39, 0.29) is 22.4 Å². The molecular formula is C30H34BrNO5Si. The normalized spacial score (nSPS) is 12.5. The smallest absolute Gasteiger partial charge is 0.338 e. The standard InChI is InChI=1S/C30H34BrNO5Si/c1-23(31)22-26(37-29(33)24-17-19-25(20-18-24)32(34)35)12-10-11-21-30(2,3)38(36,27-13-6-4-7-14-27)28-15-8-5-9-16-28/h4-9,13-20,26,36H,1,10-12,21-22H2,2-3H3/t26-/m1/s1. The van der Waals surface area contributed by atoms with Crippen molar-refractivity contribution in [3.8, 4) is 0 Å². The molecule has 3 aromatic rings. The molecule has 0 bridgehead atoms. The van der Waals surface area contributed by atoms with E-state index in [4.69, 9.17) is 4.74 Å². The van der Waals surface area contributed by atoms with Crippen LogP contribution in [0.1, 0.15) is 56.3 Å². The number of rotatable bonds is 13. The maximum atomic E-state index is 12.7. The molecule has 0 heterocycles. The second-order valence-corrected chi connectivity index (χ2v) is 15.2. The van der Waals surface area contributed by atoms with Crippen LogP contribution in [-0.4, -0.2) is 30.1 Å². The summed E-state index contributed by atoms with van der Waals surface area (Å²) in [5, 5.41) is 12.5. The third-order valence-corrected chi connectivity index (χ3v) is 11.8. The number of hydrogen-bond acceptors (Lipinski definition) is 5. The number of hydrogen-bond donors (Lipinski definition) is 1. The van der Waals surface area contributed by atoms with Gasteiger partial charge in [-0.05, 0) is 51.3 Å². The largest absolute Gasteiger partial charge is 0.458 e. The van der Waals surface area contributed by atoms with Gasteiger partial charge in [0, 0.05) is 18.6 Å². The van der Waals surface area contributed by atoms with E-state index in [1.54, 1.807) is 0 Å². The van der Waals surface area contributed by atoms with Gasteiger partial charge in [0.1, 0.15) is 6.10 Å². The Morgan fingerprint density at radius 2 is 1.53 bits per heavy atom. The molecule has 0 saturated heterocycles. The number of ether oxygens (including phenoxy) is 1. The van der Waals surface area contributed by atoms with Gasteiger partial charge in [-0.2, -0.15) is 0 Å². The number of unbranched alkanes of at least 4 members (excludes halogenated alkanes) is 1. The molecule has 0 saturated carbocycles. The highest BCUT2D eigenvalue weighted by atomic mass is 79.9. The summed E-state index contributed by atoms with van der Waals surface area (Å²) in [5.74, 6) is -0.520. The van der Waals surface area contributed by atoms with Crippen LogP contribution >= 0.6 is 15.9 Å². The number of non-ortho nitro benzene ring substituents is 1. The molecule has 38 heavy (non-hydrogen) atoms. The molecule has 0 aliphatic heterocycles. The summed E-state index contributed by atoms with van der Waals surface area (Å²) in [5.41, 5.74) is 0.188. The molecule has 0 amide bonds. The van der Waals surface area contributed by atoms with E-state index in [9.17, 15) is 19.7 Å². The van der Waals surface area contributed by atoms with Crippen molar-refractivity contribution in [2.75, 3.05) is 0 Å². The highest BCUT2D eigenvalue weighted by Crippen LogP contribution is 2.40. The minimum atomic E-state index is -3.07. The van der Waals surface area contributed by atoms with Gasteiger partial charge in [-0.15, -0.1) is 0 Å². The summed E-state index contributed by atoms with van der Waals surface area (Å²) in [7, 11) is -3.07. The molecule has 0 aromatic heterocycles. The minimum absolute atomic E-state index is 0.0796. The van der Waals surface area contributed by atoms with Gasteiger partial charge in [0.2, 0.25) is 0 Å². The molecule has 1 atom stereocenters. The van der Waals surface area contributed by atoms with E-state index in [1.807, 2.05) is 60.7 Å². The molecule has 3 rings (SSSR count).